The van der Waals surface area contributed by atoms with E-state index in [1.165, 1.54) is 12.3 Å². The van der Waals surface area contributed by atoms with Gasteiger partial charge in [0.1, 0.15) is 17.3 Å². The number of hydrogen-bond acceptors (Lipinski definition) is 3. The highest BCUT2D eigenvalue weighted by molar-refractivity contribution is 9.10. The molecule has 0 N–H and O–H groups in total. The van der Waals surface area contributed by atoms with E-state index in [1.807, 2.05) is 0 Å². The molecule has 18 heavy (non-hydrogen) atoms. The van der Waals surface area contributed by atoms with Crippen molar-refractivity contribution in [2.24, 2.45) is 0 Å². The second-order valence-corrected chi connectivity index (χ2v) is 4.35. The van der Waals surface area contributed by atoms with Crippen molar-refractivity contribution in [3.63, 3.8) is 0 Å². The lowest BCUT2D eigenvalue weighted by Gasteiger charge is -2.03. The summed E-state index contributed by atoms with van der Waals surface area (Å²) in [4.78, 5) is 14.0. The maximum Gasteiger partial charge on any atom is 0.296 e. The Morgan fingerprint density at radius 3 is 2.33 bits per heavy atom. The first-order valence-corrected chi connectivity index (χ1v) is 5.53. The third-order valence-corrected chi connectivity index (χ3v) is 2.60. The SMILES string of the molecule is O=[N+]([O-])c1cc(Br)cnc1-c1cc(F)cc(F)c1. The zero-order chi connectivity index (χ0) is 13.3. The van der Waals surface area contributed by atoms with Crippen LogP contribution in [0.4, 0.5) is 14.5 Å². The smallest absolute Gasteiger partial charge is 0.258 e. The van der Waals surface area contributed by atoms with Gasteiger partial charge in [0.2, 0.25) is 0 Å². The van der Waals surface area contributed by atoms with E-state index in [9.17, 15) is 18.9 Å². The molecule has 0 fully saturated rings. The van der Waals surface area contributed by atoms with Gasteiger partial charge < -0.3 is 0 Å². The summed E-state index contributed by atoms with van der Waals surface area (Å²) in [5.41, 5.74) is -0.386. The molecule has 1 aromatic carbocycles. The Morgan fingerprint density at radius 1 is 1.17 bits per heavy atom. The van der Waals surface area contributed by atoms with Crippen LogP contribution in [0.5, 0.6) is 0 Å². The summed E-state index contributed by atoms with van der Waals surface area (Å²) in [5.74, 6) is -1.63. The van der Waals surface area contributed by atoms with Crippen LogP contribution in [0, 0.1) is 21.7 Å². The fraction of sp³-hybridized carbons (Fsp3) is 0. The number of nitrogens with zero attached hydrogens (tertiary/aromatic N) is 2. The number of hydrogen-bond donors (Lipinski definition) is 0. The Morgan fingerprint density at radius 2 is 1.78 bits per heavy atom. The van der Waals surface area contributed by atoms with Gasteiger partial charge in [0.05, 0.1) is 4.92 Å². The first-order chi connectivity index (χ1) is 8.47. The van der Waals surface area contributed by atoms with Crippen LogP contribution in [0.3, 0.4) is 0 Å². The van der Waals surface area contributed by atoms with Gasteiger partial charge in [-0.05, 0) is 28.1 Å². The molecule has 2 aromatic rings. The molecule has 0 saturated carbocycles. The van der Waals surface area contributed by atoms with Gasteiger partial charge in [0.15, 0.2) is 0 Å². The summed E-state index contributed by atoms with van der Waals surface area (Å²) in [5, 5.41) is 10.9. The van der Waals surface area contributed by atoms with E-state index in [1.54, 1.807) is 0 Å². The van der Waals surface area contributed by atoms with Crippen LogP contribution in [0.2, 0.25) is 0 Å². The van der Waals surface area contributed by atoms with Crippen LogP contribution >= 0.6 is 15.9 Å². The van der Waals surface area contributed by atoms with Gasteiger partial charge in [0, 0.05) is 28.4 Å². The molecule has 0 amide bonds. The highest BCUT2D eigenvalue weighted by Crippen LogP contribution is 2.30. The third kappa shape index (κ3) is 2.51. The average Bonchev–Trinajstić information content (AvgIpc) is 2.27. The van der Waals surface area contributed by atoms with E-state index in [4.69, 9.17) is 0 Å². The molecule has 7 heteroatoms. The Bertz CT molecular complexity index is 614. The zero-order valence-electron chi connectivity index (χ0n) is 8.73. The predicted molar refractivity (Wildman–Crippen MR) is 63.9 cm³/mol. The predicted octanol–water partition coefficient (Wildman–Crippen LogP) is 3.70. The molecule has 0 saturated heterocycles. The molecular weight excluding hydrogens is 310 g/mol. The molecule has 0 aliphatic carbocycles. The summed E-state index contributed by atoms with van der Waals surface area (Å²) in [6.45, 7) is 0. The highest BCUT2D eigenvalue weighted by Gasteiger charge is 2.18. The van der Waals surface area contributed by atoms with Crippen molar-refractivity contribution in [2.75, 3.05) is 0 Å². The van der Waals surface area contributed by atoms with E-state index < -0.39 is 16.6 Å². The molecule has 0 unspecified atom stereocenters. The molecule has 0 bridgehead atoms. The van der Waals surface area contributed by atoms with Crippen LogP contribution in [0.25, 0.3) is 11.3 Å². The topological polar surface area (TPSA) is 56.0 Å². The van der Waals surface area contributed by atoms with Crippen molar-refractivity contribution in [1.29, 1.82) is 0 Å². The number of benzene rings is 1. The van der Waals surface area contributed by atoms with Gasteiger partial charge in [-0.15, -0.1) is 0 Å². The lowest BCUT2D eigenvalue weighted by atomic mass is 10.1. The van der Waals surface area contributed by atoms with Crippen LogP contribution in [0.1, 0.15) is 0 Å². The number of nitro groups is 1. The minimum absolute atomic E-state index is 0.0201. The van der Waals surface area contributed by atoms with E-state index in [0.717, 1.165) is 12.1 Å². The summed E-state index contributed by atoms with van der Waals surface area (Å²) in [6.07, 6.45) is 1.32. The maximum absolute atomic E-state index is 13.1. The molecule has 4 nitrogen and oxygen atoms in total. The summed E-state index contributed by atoms with van der Waals surface area (Å²) >= 11 is 3.05. The summed E-state index contributed by atoms with van der Waals surface area (Å²) < 4.78 is 26.6. The number of rotatable bonds is 2. The fourth-order valence-electron chi connectivity index (χ4n) is 1.48. The first-order valence-electron chi connectivity index (χ1n) is 4.74. The molecule has 0 aliphatic rings. The lowest BCUT2D eigenvalue weighted by molar-refractivity contribution is -0.384. The maximum atomic E-state index is 13.1. The van der Waals surface area contributed by atoms with E-state index in [2.05, 4.69) is 20.9 Å². The normalized spacial score (nSPS) is 10.4. The van der Waals surface area contributed by atoms with Gasteiger partial charge >= 0.3 is 0 Å². The number of pyridine rings is 1. The monoisotopic (exact) mass is 314 g/mol. The third-order valence-electron chi connectivity index (χ3n) is 2.17. The van der Waals surface area contributed by atoms with Crippen molar-refractivity contribution in [1.82, 2.24) is 4.98 Å². The molecule has 0 atom stereocenters. The largest absolute Gasteiger partial charge is 0.296 e. The summed E-state index contributed by atoms with van der Waals surface area (Å²) in [6, 6.07) is 3.90. The minimum atomic E-state index is -0.816. The molecule has 1 heterocycles. The summed E-state index contributed by atoms with van der Waals surface area (Å²) in [7, 11) is 0. The Labute approximate surface area is 109 Å². The van der Waals surface area contributed by atoms with Crippen LogP contribution < -0.4 is 0 Å². The first kappa shape index (κ1) is 12.6. The van der Waals surface area contributed by atoms with Crippen molar-refractivity contribution in [2.45, 2.75) is 0 Å². The lowest BCUT2D eigenvalue weighted by Crippen LogP contribution is -1.96. The van der Waals surface area contributed by atoms with E-state index in [-0.39, 0.29) is 16.9 Å². The zero-order valence-corrected chi connectivity index (χ0v) is 10.3. The molecule has 0 radical (unpaired) electrons. The highest BCUT2D eigenvalue weighted by atomic mass is 79.9. The second kappa shape index (κ2) is 4.77. The Hall–Kier alpha value is -1.89. The van der Waals surface area contributed by atoms with Crippen molar-refractivity contribution in [3.8, 4) is 11.3 Å². The molecule has 0 aliphatic heterocycles. The Kier molecular flexibility index (Phi) is 3.33. The molecule has 1 aromatic heterocycles. The van der Waals surface area contributed by atoms with E-state index >= 15 is 0 Å². The molecule has 2 rings (SSSR count). The standard InChI is InChI=1S/C11H5BrF2N2O2/c12-7-3-10(16(17)18)11(15-5-7)6-1-8(13)4-9(14)2-6/h1-5H. The fourth-order valence-corrected chi connectivity index (χ4v) is 1.80. The van der Waals surface area contributed by atoms with Gasteiger partial charge in [-0.25, -0.2) is 13.8 Å². The van der Waals surface area contributed by atoms with Crippen LogP contribution in [-0.2, 0) is 0 Å². The van der Waals surface area contributed by atoms with Gasteiger partial charge in [-0.3, -0.25) is 10.1 Å². The van der Waals surface area contributed by atoms with Crippen LogP contribution in [-0.4, -0.2) is 9.91 Å². The van der Waals surface area contributed by atoms with Crippen molar-refractivity contribution in [3.05, 3.63) is 56.7 Å². The minimum Gasteiger partial charge on any atom is -0.258 e. The second-order valence-electron chi connectivity index (χ2n) is 3.44. The molecule has 0 spiro atoms. The molecule has 92 valence electrons. The number of aromatic nitrogens is 1. The quantitative estimate of drug-likeness (QED) is 0.627. The van der Waals surface area contributed by atoms with Gasteiger partial charge in [-0.2, -0.15) is 0 Å². The van der Waals surface area contributed by atoms with Gasteiger partial charge in [-0.1, -0.05) is 0 Å². The van der Waals surface area contributed by atoms with Crippen molar-refractivity contribution >= 4 is 21.6 Å². The molecular formula is C11H5BrF2N2O2. The average molecular weight is 315 g/mol. The van der Waals surface area contributed by atoms with Crippen molar-refractivity contribution < 1.29 is 13.7 Å². The van der Waals surface area contributed by atoms with E-state index in [0.29, 0.717) is 10.5 Å². The van der Waals surface area contributed by atoms with Crippen LogP contribution in [0.15, 0.2) is 34.9 Å². The van der Waals surface area contributed by atoms with Gasteiger partial charge in [0.25, 0.3) is 5.69 Å². The number of halogens is 3. The Balaban J connectivity index is 2.66.